The topological polar surface area (TPSA) is 392 Å². The standard InChI is InChI=1S/C24H32N6O3S.C22H30N8O3S.C17H26N6O3S.C5H5ClN2.CH4O.CH4/c1-3-34(32,33)29-11-9-19(10-12-29)23-25-13-21-24(31)26-22(27-30(21)23)20-16-28(14-17(20)2)15-18-7-5-4-6-8-18;1-3-34(32,33)29-9-5-16(6-10-29)21-25-11-18-22(31)26-20(27-30(18)21)17-13-28(12-15(17)2)14-19-23-7-4-8-24-19;1-3-27(25,26)22-6-4-12(5-7-22)16-19-10-14-17(24)20-15(21-23(14)16)13-9-18-8-11(13)2;6-4-5-7-2-1-3-8-5;1-2;/h4-8,13,17,19-20H,3,9-12,14-16H2,1-2H3,(H,26,27,31);4,7-8,11,15-17H,3,5-6,9-10,12-14H2,1-2H3,(H,26,27,31);10-13,18H,3-9H2,1-2H3,(H,20,21,24);1-3H,4H2;2H,1H3;1H4. The Balaban J connectivity index is 0.000000160. The minimum atomic E-state index is -3.19. The summed E-state index contributed by atoms with van der Waals surface area (Å²) in [6.07, 6.45) is 15.6. The van der Waals surface area contributed by atoms with E-state index in [0.717, 1.165) is 76.2 Å². The van der Waals surface area contributed by atoms with E-state index >= 15 is 0 Å². The molecule has 8 aromatic heterocycles. The Kier molecular flexibility index (Phi) is 27.5. The van der Waals surface area contributed by atoms with Crippen molar-refractivity contribution in [1.29, 1.82) is 0 Å². The highest BCUT2D eigenvalue weighted by Gasteiger charge is 2.38. The van der Waals surface area contributed by atoms with E-state index in [0.29, 0.717) is 148 Å². The zero-order chi connectivity index (χ0) is 74.7. The van der Waals surface area contributed by atoms with E-state index in [4.69, 9.17) is 32.0 Å². The molecule has 14 heterocycles. The van der Waals surface area contributed by atoms with Gasteiger partial charge in [0.05, 0.1) is 48.3 Å². The number of hydrogen-bond donors (Lipinski definition) is 5. The van der Waals surface area contributed by atoms with E-state index in [1.165, 1.54) is 5.56 Å². The van der Waals surface area contributed by atoms with Gasteiger partial charge in [-0.3, -0.25) is 24.2 Å². The Hall–Kier alpha value is -7.71. The highest BCUT2D eigenvalue weighted by Crippen LogP contribution is 2.36. The van der Waals surface area contributed by atoms with Gasteiger partial charge in [0.25, 0.3) is 16.7 Å². The van der Waals surface area contributed by atoms with Crippen molar-refractivity contribution in [2.24, 2.45) is 17.8 Å². The lowest BCUT2D eigenvalue weighted by Crippen LogP contribution is -2.39. The number of aromatic amines is 3. The molecule has 0 amide bonds. The van der Waals surface area contributed by atoms with Crippen LogP contribution in [0.2, 0.25) is 0 Å². The highest BCUT2D eigenvalue weighted by molar-refractivity contribution is 7.89. The molecule has 1 aromatic carbocycles. The molecule has 576 valence electrons. The number of aliphatic hydroxyl groups is 1. The van der Waals surface area contributed by atoms with Crippen molar-refractivity contribution >= 4 is 58.2 Å². The first-order chi connectivity index (χ1) is 50.5. The fraction of sp³-hybridized carbons (Fsp3) is 0.586. The minimum absolute atomic E-state index is 0. The third-order valence-electron chi connectivity index (χ3n) is 21.0. The molecule has 0 spiro atoms. The second kappa shape index (κ2) is 36.0. The lowest BCUT2D eigenvalue weighted by atomic mass is 9.97. The molecule has 15 rings (SSSR count). The van der Waals surface area contributed by atoms with Gasteiger partial charge >= 0.3 is 0 Å². The van der Waals surface area contributed by atoms with E-state index in [2.05, 4.69) is 110 Å². The van der Waals surface area contributed by atoms with Crippen molar-refractivity contribution in [3.63, 3.8) is 0 Å². The summed E-state index contributed by atoms with van der Waals surface area (Å²) in [6.45, 7) is 21.0. The monoisotopic (exact) mass is 1540 g/mol. The van der Waals surface area contributed by atoms with E-state index < -0.39 is 30.1 Å². The van der Waals surface area contributed by atoms with Crippen molar-refractivity contribution in [1.82, 2.24) is 107 Å². The number of halogens is 1. The maximum Gasteiger partial charge on any atom is 0.276 e. The van der Waals surface area contributed by atoms with E-state index in [1.807, 2.05) is 6.07 Å². The molecule has 32 nitrogen and oxygen atoms in total. The lowest BCUT2D eigenvalue weighted by molar-refractivity contribution is 0.309. The number of aromatic nitrogens is 16. The first kappa shape index (κ1) is 80.8. The van der Waals surface area contributed by atoms with Gasteiger partial charge in [-0.1, -0.05) is 58.5 Å². The number of nitrogens with zero attached hydrogens (tertiary/aromatic N) is 18. The summed E-state index contributed by atoms with van der Waals surface area (Å²) in [5, 5.41) is 24.8. The molecule has 0 saturated carbocycles. The third kappa shape index (κ3) is 18.7. The molecule has 6 fully saturated rings. The Morgan fingerprint density at radius 3 is 1.13 bits per heavy atom. The van der Waals surface area contributed by atoms with E-state index in [1.54, 1.807) is 103 Å². The minimum Gasteiger partial charge on any atom is -0.400 e. The van der Waals surface area contributed by atoms with Crippen LogP contribution >= 0.6 is 11.6 Å². The van der Waals surface area contributed by atoms with Crippen LogP contribution in [0.1, 0.15) is 175 Å². The van der Waals surface area contributed by atoms with Crippen LogP contribution < -0.4 is 22.0 Å². The molecule has 36 heteroatoms. The number of likely N-dealkylation sites (tertiary alicyclic amines) is 2. The van der Waals surface area contributed by atoms with Crippen LogP contribution in [0.25, 0.3) is 16.6 Å². The molecule has 9 aromatic rings. The van der Waals surface area contributed by atoms with Gasteiger partial charge in [-0.05, 0) is 101 Å². The zero-order valence-electron chi connectivity index (χ0n) is 60.5. The fourth-order valence-corrected chi connectivity index (χ4v) is 18.5. The predicted octanol–water partition coefficient (Wildman–Crippen LogP) is 4.88. The van der Waals surface area contributed by atoms with Crippen molar-refractivity contribution in [2.45, 2.75) is 142 Å². The maximum atomic E-state index is 12.9. The SMILES string of the molecule is C.CCS(=O)(=O)N1CCC(c2ncc3c(=O)[nH]c(C4CN(Cc5ccccc5)CC4C)nn23)CC1.CCS(=O)(=O)N1CCC(c2ncc3c(=O)[nH]c(C4CN(Cc5ncccn5)CC4C)nn23)CC1.CCS(=O)(=O)N1CCC(c2ncc3c(=O)[nH]c(C4CNCC4C)nn23)CC1.CO.ClCc1ncccn1. The van der Waals surface area contributed by atoms with Gasteiger partial charge < -0.3 is 25.4 Å². The van der Waals surface area contributed by atoms with Crippen molar-refractivity contribution in [3.8, 4) is 0 Å². The largest absolute Gasteiger partial charge is 0.400 e. The first-order valence-electron chi connectivity index (χ1n) is 36.1. The molecular formula is C70H101ClN22O10S3. The highest BCUT2D eigenvalue weighted by atomic mass is 35.5. The van der Waals surface area contributed by atoms with Crippen molar-refractivity contribution < 1.29 is 30.4 Å². The second-order valence-electron chi connectivity index (χ2n) is 27.7. The molecular weight excluding hydrogens is 1440 g/mol. The predicted molar refractivity (Wildman–Crippen MR) is 404 cm³/mol. The molecule has 6 unspecified atom stereocenters. The number of imidazole rings is 3. The normalized spacial score (nSPS) is 22.0. The Morgan fingerprint density at radius 1 is 0.453 bits per heavy atom. The van der Waals surface area contributed by atoms with E-state index in [9.17, 15) is 39.6 Å². The average molecular weight is 1540 g/mol. The first-order valence-corrected chi connectivity index (χ1v) is 41.5. The van der Waals surface area contributed by atoms with Gasteiger partial charge in [0, 0.05) is 146 Å². The molecule has 5 N–H and O–H groups in total. The number of piperidine rings is 3. The molecule has 6 saturated heterocycles. The summed E-state index contributed by atoms with van der Waals surface area (Å²) in [6, 6.07) is 14.0. The molecule has 0 aliphatic carbocycles. The van der Waals surface area contributed by atoms with Gasteiger partial charge in [0.15, 0.2) is 16.6 Å². The summed E-state index contributed by atoms with van der Waals surface area (Å²) in [5.41, 5.74) is 2.02. The average Bonchev–Trinajstić information content (AvgIpc) is 1.64. The van der Waals surface area contributed by atoms with Gasteiger partial charge in [-0.25, -0.2) is 86.6 Å². The molecule has 6 aliphatic rings. The van der Waals surface area contributed by atoms with Crippen LogP contribution in [0.5, 0.6) is 0 Å². The quantitative estimate of drug-likeness (QED) is 0.0758. The summed E-state index contributed by atoms with van der Waals surface area (Å²) in [4.78, 5) is 81.8. The number of benzene rings is 1. The maximum absolute atomic E-state index is 12.9. The van der Waals surface area contributed by atoms with Crippen LogP contribution in [0.4, 0.5) is 0 Å². The molecule has 0 radical (unpaired) electrons. The number of aliphatic hydroxyl groups excluding tert-OH is 1. The lowest BCUT2D eigenvalue weighted by Gasteiger charge is -2.30. The second-order valence-corrected chi connectivity index (χ2v) is 34.8. The molecule has 6 aliphatic heterocycles. The van der Waals surface area contributed by atoms with E-state index in [-0.39, 0.29) is 76.9 Å². The Morgan fingerprint density at radius 2 is 0.802 bits per heavy atom. The van der Waals surface area contributed by atoms with Gasteiger partial charge in [0.2, 0.25) is 30.1 Å². The summed E-state index contributed by atoms with van der Waals surface area (Å²) in [7, 11) is -8.53. The number of rotatable bonds is 17. The van der Waals surface area contributed by atoms with Gasteiger partial charge in [0.1, 0.15) is 46.6 Å². The van der Waals surface area contributed by atoms with Crippen molar-refractivity contribution in [3.05, 3.63) is 169 Å². The number of fused-ring (bicyclic) bond motifs is 3. The zero-order valence-corrected chi connectivity index (χ0v) is 63.7. The summed E-state index contributed by atoms with van der Waals surface area (Å²) >= 11 is 5.40. The van der Waals surface area contributed by atoms with Crippen LogP contribution in [-0.2, 0) is 49.0 Å². The fourth-order valence-electron chi connectivity index (χ4n) is 15.0. The smallest absolute Gasteiger partial charge is 0.276 e. The summed E-state index contributed by atoms with van der Waals surface area (Å²) in [5.74, 6) is 8.15. The molecule has 6 atom stereocenters. The molecule has 0 bridgehead atoms. The number of H-pyrrole nitrogens is 3. The Bertz CT molecular complexity index is 4690. The number of alkyl halides is 1. The van der Waals surface area contributed by atoms with Crippen molar-refractivity contribution in [2.75, 3.05) is 103 Å². The Labute approximate surface area is 623 Å². The number of hydrogen-bond acceptors (Lipinski definition) is 23. The van der Waals surface area contributed by atoms with Gasteiger partial charge in [-0.15, -0.1) is 11.6 Å². The van der Waals surface area contributed by atoms with Gasteiger partial charge in [-0.2, -0.15) is 15.3 Å². The number of sulfonamides is 3. The number of nitrogens with one attached hydrogen (secondary N) is 4. The third-order valence-corrected chi connectivity index (χ3v) is 26.9. The van der Waals surface area contributed by atoms with Crippen LogP contribution in [0.15, 0.2) is 100 Å². The molecule has 106 heavy (non-hydrogen) atoms. The summed E-state index contributed by atoms with van der Waals surface area (Å²) < 4.78 is 82.7. The van der Waals surface area contributed by atoms with Crippen LogP contribution in [-0.4, -0.2) is 235 Å². The van der Waals surface area contributed by atoms with Crippen LogP contribution in [0.3, 0.4) is 0 Å². The van der Waals surface area contributed by atoms with Crippen LogP contribution in [0, 0.1) is 17.8 Å².